The second kappa shape index (κ2) is 2.51. The summed E-state index contributed by atoms with van der Waals surface area (Å²) in [5, 5.41) is 2.79. The van der Waals surface area contributed by atoms with Gasteiger partial charge in [0, 0.05) is 12.3 Å². The van der Waals surface area contributed by atoms with Gasteiger partial charge in [0.1, 0.15) is 11.5 Å². The molecule has 1 aliphatic heterocycles. The van der Waals surface area contributed by atoms with Crippen molar-refractivity contribution >= 4 is 11.6 Å². The van der Waals surface area contributed by atoms with Gasteiger partial charge in [0.15, 0.2) is 0 Å². The predicted octanol–water partition coefficient (Wildman–Crippen LogP) is 1.70. The number of fused-ring (bicyclic) bond motifs is 2. The van der Waals surface area contributed by atoms with Gasteiger partial charge in [0.05, 0.1) is 18.5 Å². The Morgan fingerprint density at radius 2 is 2.36 bits per heavy atom. The smallest absolute Gasteiger partial charge is 0.272 e. The minimum absolute atomic E-state index is 0.0878. The second-order valence-electron chi connectivity index (χ2n) is 3.23. The number of anilines is 1. The van der Waals surface area contributed by atoms with Gasteiger partial charge in [-0.3, -0.25) is 4.79 Å². The lowest BCUT2D eigenvalue weighted by Crippen LogP contribution is -2.12. The maximum Gasteiger partial charge on any atom is 0.272 e. The van der Waals surface area contributed by atoms with Gasteiger partial charge >= 0.3 is 0 Å². The first-order valence-corrected chi connectivity index (χ1v) is 4.37. The van der Waals surface area contributed by atoms with Crippen molar-refractivity contribution in [2.24, 2.45) is 0 Å². The number of rotatable bonds is 0. The number of carbonyl (C=O) groups excluding carboxylic acids is 1. The standard InChI is InChI=1S/C10H8N2O2/c13-10-8-2-1-4-12(8)6-9-7(11-10)3-5-14-9/h1-5H,6H2,(H,11,13). The van der Waals surface area contributed by atoms with Gasteiger partial charge in [0.2, 0.25) is 0 Å². The van der Waals surface area contributed by atoms with Crippen molar-refractivity contribution in [2.45, 2.75) is 6.54 Å². The molecule has 1 N–H and O–H groups in total. The van der Waals surface area contributed by atoms with Gasteiger partial charge in [-0.2, -0.15) is 0 Å². The minimum atomic E-state index is -0.0878. The van der Waals surface area contributed by atoms with E-state index in [4.69, 9.17) is 4.42 Å². The molecule has 4 heteroatoms. The summed E-state index contributed by atoms with van der Waals surface area (Å²) in [6, 6.07) is 5.41. The fraction of sp³-hybridized carbons (Fsp3) is 0.100. The molecular formula is C10H8N2O2. The number of hydrogen-bond donors (Lipinski definition) is 1. The van der Waals surface area contributed by atoms with E-state index >= 15 is 0 Å². The Labute approximate surface area is 80.1 Å². The first-order chi connectivity index (χ1) is 6.84. The number of nitrogens with one attached hydrogen (secondary N) is 1. The van der Waals surface area contributed by atoms with Gasteiger partial charge in [-0.1, -0.05) is 0 Å². The summed E-state index contributed by atoms with van der Waals surface area (Å²) in [5.74, 6) is 0.698. The van der Waals surface area contributed by atoms with Crippen LogP contribution in [0.15, 0.2) is 35.1 Å². The van der Waals surface area contributed by atoms with Crippen LogP contribution in [-0.4, -0.2) is 10.5 Å². The van der Waals surface area contributed by atoms with Crippen molar-refractivity contribution in [3.8, 4) is 0 Å². The molecule has 0 saturated carbocycles. The highest BCUT2D eigenvalue weighted by atomic mass is 16.3. The number of nitrogens with zero attached hydrogens (tertiary/aromatic N) is 1. The topological polar surface area (TPSA) is 47.2 Å². The van der Waals surface area contributed by atoms with Crippen LogP contribution < -0.4 is 5.32 Å². The van der Waals surface area contributed by atoms with Crippen LogP contribution in [0.25, 0.3) is 0 Å². The zero-order chi connectivity index (χ0) is 9.54. The maximum absolute atomic E-state index is 11.7. The van der Waals surface area contributed by atoms with Crippen LogP contribution in [0.2, 0.25) is 0 Å². The van der Waals surface area contributed by atoms with E-state index in [9.17, 15) is 4.79 Å². The van der Waals surface area contributed by atoms with Gasteiger partial charge < -0.3 is 14.3 Å². The normalized spacial score (nSPS) is 14.1. The van der Waals surface area contributed by atoms with Gasteiger partial charge in [-0.05, 0) is 12.1 Å². The van der Waals surface area contributed by atoms with Crippen LogP contribution in [0.5, 0.6) is 0 Å². The van der Waals surface area contributed by atoms with E-state index in [1.165, 1.54) is 0 Å². The van der Waals surface area contributed by atoms with Crippen LogP contribution in [0.3, 0.4) is 0 Å². The highest BCUT2D eigenvalue weighted by molar-refractivity contribution is 6.04. The molecule has 0 fully saturated rings. The van der Waals surface area contributed by atoms with Crippen LogP contribution in [0.1, 0.15) is 16.2 Å². The highest BCUT2D eigenvalue weighted by Crippen LogP contribution is 2.23. The minimum Gasteiger partial charge on any atom is -0.465 e. The Bertz CT molecular complexity index is 496. The summed E-state index contributed by atoms with van der Waals surface area (Å²) in [5.41, 5.74) is 1.43. The summed E-state index contributed by atoms with van der Waals surface area (Å²) in [4.78, 5) is 11.7. The molecule has 70 valence electrons. The summed E-state index contributed by atoms with van der Waals surface area (Å²) in [6.07, 6.45) is 3.45. The lowest BCUT2D eigenvalue weighted by Gasteiger charge is -2.00. The average Bonchev–Trinajstić information content (AvgIpc) is 2.75. The molecule has 3 heterocycles. The summed E-state index contributed by atoms with van der Waals surface area (Å²) in [7, 11) is 0. The lowest BCUT2D eigenvalue weighted by molar-refractivity contribution is 0.102. The number of hydrogen-bond acceptors (Lipinski definition) is 2. The molecule has 0 spiro atoms. The molecule has 14 heavy (non-hydrogen) atoms. The Morgan fingerprint density at radius 3 is 3.29 bits per heavy atom. The summed E-state index contributed by atoms with van der Waals surface area (Å²) >= 11 is 0. The molecule has 4 nitrogen and oxygen atoms in total. The second-order valence-corrected chi connectivity index (χ2v) is 3.23. The molecule has 0 bridgehead atoms. The molecular weight excluding hydrogens is 180 g/mol. The molecule has 0 atom stereocenters. The number of amides is 1. The summed E-state index contributed by atoms with van der Waals surface area (Å²) in [6.45, 7) is 0.601. The van der Waals surface area contributed by atoms with Gasteiger partial charge in [0.25, 0.3) is 5.91 Å². The van der Waals surface area contributed by atoms with Crippen molar-refractivity contribution in [2.75, 3.05) is 5.32 Å². The largest absolute Gasteiger partial charge is 0.465 e. The molecule has 0 radical (unpaired) electrons. The van der Waals surface area contributed by atoms with Crippen LogP contribution in [0.4, 0.5) is 5.69 Å². The lowest BCUT2D eigenvalue weighted by atomic mass is 10.3. The van der Waals surface area contributed by atoms with E-state index < -0.39 is 0 Å². The van der Waals surface area contributed by atoms with Crippen LogP contribution in [-0.2, 0) is 6.54 Å². The van der Waals surface area contributed by atoms with Crippen molar-refractivity contribution in [3.05, 3.63) is 42.1 Å². The van der Waals surface area contributed by atoms with E-state index in [1.54, 1.807) is 18.4 Å². The highest BCUT2D eigenvalue weighted by Gasteiger charge is 2.19. The monoisotopic (exact) mass is 188 g/mol. The van der Waals surface area contributed by atoms with Crippen LogP contribution >= 0.6 is 0 Å². The third-order valence-corrected chi connectivity index (χ3v) is 2.37. The zero-order valence-corrected chi connectivity index (χ0v) is 7.36. The van der Waals surface area contributed by atoms with Crippen molar-refractivity contribution < 1.29 is 9.21 Å². The number of furan rings is 1. The molecule has 2 aromatic heterocycles. The van der Waals surface area contributed by atoms with Crippen molar-refractivity contribution in [3.63, 3.8) is 0 Å². The quantitative estimate of drug-likeness (QED) is 0.683. The van der Waals surface area contributed by atoms with Crippen LogP contribution in [0, 0.1) is 0 Å². The van der Waals surface area contributed by atoms with Gasteiger partial charge in [-0.15, -0.1) is 0 Å². The van der Waals surface area contributed by atoms with E-state index in [0.717, 1.165) is 11.4 Å². The Kier molecular flexibility index (Phi) is 1.33. The van der Waals surface area contributed by atoms with Crippen molar-refractivity contribution in [1.82, 2.24) is 4.57 Å². The Hall–Kier alpha value is -1.97. The SMILES string of the molecule is O=C1Nc2ccoc2Cn2cccc21. The fourth-order valence-electron chi connectivity index (χ4n) is 1.67. The van der Waals surface area contributed by atoms with Gasteiger partial charge in [-0.25, -0.2) is 0 Å². The Balaban J connectivity index is 2.18. The van der Waals surface area contributed by atoms with E-state index in [1.807, 2.05) is 16.8 Å². The molecule has 1 aliphatic rings. The molecule has 0 unspecified atom stereocenters. The molecule has 3 rings (SSSR count). The van der Waals surface area contributed by atoms with E-state index in [-0.39, 0.29) is 5.91 Å². The van der Waals surface area contributed by atoms with Crippen molar-refractivity contribution in [1.29, 1.82) is 0 Å². The third-order valence-electron chi connectivity index (χ3n) is 2.37. The third kappa shape index (κ3) is 0.907. The average molecular weight is 188 g/mol. The Morgan fingerprint density at radius 1 is 1.43 bits per heavy atom. The van der Waals surface area contributed by atoms with E-state index in [0.29, 0.717) is 12.2 Å². The molecule has 2 aromatic rings. The maximum atomic E-state index is 11.7. The fourth-order valence-corrected chi connectivity index (χ4v) is 1.67. The number of aromatic nitrogens is 1. The number of carbonyl (C=O) groups is 1. The first-order valence-electron chi connectivity index (χ1n) is 4.37. The first kappa shape index (κ1) is 7.44. The van der Waals surface area contributed by atoms with E-state index in [2.05, 4.69) is 5.32 Å². The molecule has 0 aromatic carbocycles. The zero-order valence-electron chi connectivity index (χ0n) is 7.36. The molecule has 0 aliphatic carbocycles. The summed E-state index contributed by atoms with van der Waals surface area (Å²) < 4.78 is 7.14. The predicted molar refractivity (Wildman–Crippen MR) is 50.2 cm³/mol. The molecule has 0 saturated heterocycles. The molecule has 1 amide bonds.